The van der Waals surface area contributed by atoms with Gasteiger partial charge >= 0.3 is 6.18 Å². The molecule has 2 heterocycles. The van der Waals surface area contributed by atoms with Gasteiger partial charge in [-0.3, -0.25) is 0 Å². The van der Waals surface area contributed by atoms with E-state index in [1.165, 1.54) is 17.3 Å². The van der Waals surface area contributed by atoms with E-state index in [4.69, 9.17) is 4.74 Å². The number of alkyl halides is 3. The molecule has 1 saturated heterocycles. The van der Waals surface area contributed by atoms with Gasteiger partial charge in [0.1, 0.15) is 6.10 Å². The lowest BCUT2D eigenvalue weighted by Gasteiger charge is -2.23. The molecule has 0 saturated carbocycles. The number of rotatable bonds is 5. The number of para-hydroxylation sites is 1. The van der Waals surface area contributed by atoms with Gasteiger partial charge in [-0.05, 0) is 31.8 Å². The van der Waals surface area contributed by atoms with E-state index in [9.17, 15) is 13.2 Å². The van der Waals surface area contributed by atoms with E-state index in [0.717, 1.165) is 31.8 Å². The number of aromatic nitrogens is 1. The summed E-state index contributed by atoms with van der Waals surface area (Å²) < 4.78 is 43.6. The van der Waals surface area contributed by atoms with Gasteiger partial charge in [0, 0.05) is 37.5 Å². The van der Waals surface area contributed by atoms with Crippen molar-refractivity contribution in [2.75, 3.05) is 32.1 Å². The van der Waals surface area contributed by atoms with Crippen LogP contribution in [0, 0.1) is 0 Å². The molecule has 0 bridgehead atoms. The van der Waals surface area contributed by atoms with Gasteiger partial charge in [-0.25, -0.2) is 4.98 Å². The number of anilines is 1. The van der Waals surface area contributed by atoms with Crippen molar-refractivity contribution < 1.29 is 17.9 Å². The van der Waals surface area contributed by atoms with Crippen molar-refractivity contribution in [3.63, 3.8) is 0 Å². The molecule has 8 heteroatoms. The summed E-state index contributed by atoms with van der Waals surface area (Å²) in [6, 6.07) is 10.5. The van der Waals surface area contributed by atoms with Crippen LogP contribution in [0.15, 0.2) is 42.6 Å². The van der Waals surface area contributed by atoms with Crippen LogP contribution >= 0.6 is 12.4 Å². The number of ether oxygens (including phenoxy) is 1. The highest BCUT2D eigenvalue weighted by Crippen LogP contribution is 2.30. The maximum Gasteiger partial charge on any atom is 0.417 e. The predicted octanol–water partition coefficient (Wildman–Crippen LogP) is 4.24. The van der Waals surface area contributed by atoms with Gasteiger partial charge in [0.25, 0.3) is 0 Å². The zero-order valence-corrected chi connectivity index (χ0v) is 16.1. The topological polar surface area (TPSA) is 28.6 Å². The van der Waals surface area contributed by atoms with Gasteiger partial charge in [0.05, 0.1) is 12.1 Å². The molecule has 1 aliphatic heterocycles. The summed E-state index contributed by atoms with van der Waals surface area (Å²) in [4.78, 5) is 8.17. The molecule has 1 atom stereocenters. The summed E-state index contributed by atoms with van der Waals surface area (Å²) in [5.74, 6) is 0.228. The molecule has 1 fully saturated rings. The molecule has 3 rings (SSSR count). The first-order valence-electron chi connectivity index (χ1n) is 8.50. The summed E-state index contributed by atoms with van der Waals surface area (Å²) >= 11 is 0. The van der Waals surface area contributed by atoms with Crippen LogP contribution in [0.25, 0.3) is 0 Å². The lowest BCUT2D eigenvalue weighted by Crippen LogP contribution is -2.26. The third kappa shape index (κ3) is 5.49. The van der Waals surface area contributed by atoms with E-state index in [1.807, 2.05) is 26.2 Å². The first-order chi connectivity index (χ1) is 12.3. The van der Waals surface area contributed by atoms with Gasteiger partial charge in [-0.15, -0.1) is 12.4 Å². The molecule has 0 amide bonds. The minimum Gasteiger partial charge on any atom is -0.472 e. The zero-order chi connectivity index (χ0) is 18.7. The lowest BCUT2D eigenvalue weighted by atomic mass is 10.1. The van der Waals surface area contributed by atoms with Crippen LogP contribution in [-0.4, -0.2) is 43.2 Å². The normalized spacial score (nSPS) is 17.1. The molecule has 0 aliphatic carbocycles. The highest BCUT2D eigenvalue weighted by atomic mass is 35.5. The van der Waals surface area contributed by atoms with Crippen molar-refractivity contribution in [1.29, 1.82) is 0 Å². The Kier molecular flexibility index (Phi) is 6.95. The molecular weight excluding hydrogens is 379 g/mol. The van der Waals surface area contributed by atoms with Gasteiger partial charge in [-0.1, -0.05) is 18.2 Å². The summed E-state index contributed by atoms with van der Waals surface area (Å²) in [7, 11) is 4.06. The summed E-state index contributed by atoms with van der Waals surface area (Å²) in [5.41, 5.74) is 1.65. The molecule has 1 aromatic carbocycles. The Morgan fingerprint density at radius 3 is 2.56 bits per heavy atom. The average molecular weight is 402 g/mol. The Bertz CT molecular complexity index is 738. The van der Waals surface area contributed by atoms with Gasteiger partial charge in [0.2, 0.25) is 5.88 Å². The second-order valence-corrected chi connectivity index (χ2v) is 6.72. The lowest BCUT2D eigenvalue weighted by molar-refractivity contribution is -0.137. The first-order valence-corrected chi connectivity index (χ1v) is 8.50. The van der Waals surface area contributed by atoms with E-state index in [1.54, 1.807) is 0 Å². The molecular formula is C19H23ClF3N3O. The molecule has 1 aromatic heterocycles. The van der Waals surface area contributed by atoms with E-state index >= 15 is 0 Å². The number of hydrogen-bond acceptors (Lipinski definition) is 4. The van der Waals surface area contributed by atoms with E-state index in [0.29, 0.717) is 6.54 Å². The van der Waals surface area contributed by atoms with E-state index in [-0.39, 0.29) is 24.4 Å². The minimum absolute atomic E-state index is 0. The minimum atomic E-state index is -4.38. The summed E-state index contributed by atoms with van der Waals surface area (Å²) in [6.45, 7) is 2.38. The van der Waals surface area contributed by atoms with Crippen molar-refractivity contribution in [3.05, 3.63) is 53.7 Å². The third-order valence-electron chi connectivity index (χ3n) is 4.31. The molecule has 148 valence electrons. The summed E-state index contributed by atoms with van der Waals surface area (Å²) in [5, 5.41) is 0. The van der Waals surface area contributed by atoms with Crippen LogP contribution in [0.1, 0.15) is 17.5 Å². The Labute approximate surface area is 163 Å². The molecule has 2 aromatic rings. The van der Waals surface area contributed by atoms with Gasteiger partial charge < -0.3 is 14.5 Å². The molecule has 0 N–H and O–H groups in total. The van der Waals surface area contributed by atoms with Crippen molar-refractivity contribution in [1.82, 2.24) is 9.88 Å². The van der Waals surface area contributed by atoms with Crippen LogP contribution in [-0.2, 0) is 12.7 Å². The summed E-state index contributed by atoms with van der Waals surface area (Å²) in [6.07, 6.45) is -2.86. The van der Waals surface area contributed by atoms with E-state index < -0.39 is 11.7 Å². The van der Waals surface area contributed by atoms with E-state index in [2.05, 4.69) is 26.9 Å². The number of hydrogen-bond donors (Lipinski definition) is 0. The predicted molar refractivity (Wildman–Crippen MR) is 102 cm³/mol. The fourth-order valence-electron chi connectivity index (χ4n) is 3.13. The number of benzene rings is 1. The Morgan fingerprint density at radius 1 is 1.19 bits per heavy atom. The highest BCUT2D eigenvalue weighted by molar-refractivity contribution is 5.85. The number of nitrogens with zero attached hydrogens (tertiary/aromatic N) is 3. The fraction of sp³-hybridized carbons (Fsp3) is 0.421. The Hall–Kier alpha value is -1.99. The van der Waals surface area contributed by atoms with Crippen LogP contribution in [0.3, 0.4) is 0 Å². The second-order valence-electron chi connectivity index (χ2n) is 6.72. The third-order valence-corrected chi connectivity index (χ3v) is 4.31. The van der Waals surface area contributed by atoms with Crippen LogP contribution in [0.2, 0.25) is 0 Å². The number of pyridine rings is 1. The van der Waals surface area contributed by atoms with Crippen molar-refractivity contribution in [2.45, 2.75) is 25.2 Å². The monoisotopic (exact) mass is 401 g/mol. The van der Waals surface area contributed by atoms with Crippen molar-refractivity contribution in [3.8, 4) is 5.88 Å². The molecule has 0 spiro atoms. The molecule has 0 radical (unpaired) electrons. The van der Waals surface area contributed by atoms with Crippen LogP contribution in [0.5, 0.6) is 5.88 Å². The zero-order valence-electron chi connectivity index (χ0n) is 15.2. The Balaban J connectivity index is 0.00000261. The van der Waals surface area contributed by atoms with Crippen LogP contribution in [0.4, 0.5) is 18.9 Å². The SMILES string of the molecule is CN(C)Cc1ccccc1N1CC[C@H](Oc2ccc(C(F)(F)F)cn2)C1.Cl. The second kappa shape index (κ2) is 8.80. The first kappa shape index (κ1) is 21.3. The van der Waals surface area contributed by atoms with Crippen molar-refractivity contribution >= 4 is 18.1 Å². The van der Waals surface area contributed by atoms with Crippen LogP contribution < -0.4 is 9.64 Å². The standard InChI is InChI=1S/C19H22F3N3O.ClH/c1-24(2)12-14-5-3-4-6-17(14)25-10-9-16(13-25)26-18-8-7-15(11-23-18)19(20,21)22;/h3-8,11,16H,9-10,12-13H2,1-2H3;1H/t16-;/m0./s1. The average Bonchev–Trinajstić information content (AvgIpc) is 3.03. The molecule has 1 aliphatic rings. The maximum atomic E-state index is 12.6. The van der Waals surface area contributed by atoms with Gasteiger partial charge in [0.15, 0.2) is 0 Å². The van der Waals surface area contributed by atoms with Gasteiger partial charge in [-0.2, -0.15) is 13.2 Å². The largest absolute Gasteiger partial charge is 0.472 e. The molecule has 27 heavy (non-hydrogen) atoms. The quantitative estimate of drug-likeness (QED) is 0.749. The smallest absolute Gasteiger partial charge is 0.417 e. The molecule has 0 unspecified atom stereocenters. The number of halogens is 4. The highest BCUT2D eigenvalue weighted by Gasteiger charge is 2.31. The Morgan fingerprint density at radius 2 is 1.93 bits per heavy atom. The maximum absolute atomic E-state index is 12.6. The fourth-order valence-corrected chi connectivity index (χ4v) is 3.13. The molecule has 4 nitrogen and oxygen atoms in total. The van der Waals surface area contributed by atoms with Crippen molar-refractivity contribution in [2.24, 2.45) is 0 Å².